The minimum absolute atomic E-state index is 0.290. The third kappa shape index (κ3) is 2.73. The van der Waals surface area contributed by atoms with E-state index in [4.69, 9.17) is 0 Å². The van der Waals surface area contributed by atoms with E-state index in [1.165, 1.54) is 45.2 Å². The monoisotopic (exact) mass is 211 g/mol. The largest absolute Gasteiger partial charge is 0.390 e. The van der Waals surface area contributed by atoms with E-state index in [1.807, 2.05) is 0 Å². The van der Waals surface area contributed by atoms with E-state index in [-0.39, 0.29) is 5.60 Å². The lowest BCUT2D eigenvalue weighted by molar-refractivity contribution is 0.0301. The van der Waals surface area contributed by atoms with Gasteiger partial charge in [0.2, 0.25) is 0 Å². The fourth-order valence-corrected chi connectivity index (χ4v) is 3.36. The predicted octanol–water partition coefficient (Wildman–Crippen LogP) is 2.56. The molecular weight excluding hydrogens is 186 g/mol. The summed E-state index contributed by atoms with van der Waals surface area (Å²) in [4.78, 5) is 2.58. The summed E-state index contributed by atoms with van der Waals surface area (Å²) in [6, 6.07) is 0.764. The fraction of sp³-hybridized carbons (Fsp3) is 1.00. The first kappa shape index (κ1) is 11.4. The Balaban J connectivity index is 1.77. The lowest BCUT2D eigenvalue weighted by Crippen LogP contribution is -2.32. The molecule has 1 aliphatic carbocycles. The van der Waals surface area contributed by atoms with Gasteiger partial charge in [-0.05, 0) is 51.6 Å². The maximum atomic E-state index is 10.3. The number of likely N-dealkylation sites (tertiary alicyclic amines) is 1. The standard InChI is InChI=1S/C13H25NO/c1-2-14-11-5-6-12(14)7-10-13(15)8-3-4-9-13/h12,15H,2-11H2,1H3. The van der Waals surface area contributed by atoms with E-state index < -0.39 is 0 Å². The first-order valence-electron chi connectivity index (χ1n) is 6.70. The van der Waals surface area contributed by atoms with Crippen molar-refractivity contribution in [2.45, 2.75) is 69.9 Å². The Hall–Kier alpha value is -0.0800. The molecule has 2 heteroatoms. The average Bonchev–Trinajstić information content (AvgIpc) is 2.84. The Bertz CT molecular complexity index is 199. The van der Waals surface area contributed by atoms with E-state index in [0.717, 1.165) is 25.3 Å². The maximum absolute atomic E-state index is 10.3. The molecule has 2 aliphatic rings. The van der Waals surface area contributed by atoms with Crippen LogP contribution in [0.25, 0.3) is 0 Å². The molecule has 1 heterocycles. The van der Waals surface area contributed by atoms with Crippen LogP contribution in [-0.2, 0) is 0 Å². The maximum Gasteiger partial charge on any atom is 0.0648 e. The van der Waals surface area contributed by atoms with Crippen LogP contribution in [0.1, 0.15) is 58.3 Å². The molecule has 15 heavy (non-hydrogen) atoms. The van der Waals surface area contributed by atoms with Gasteiger partial charge >= 0.3 is 0 Å². The normalized spacial score (nSPS) is 31.2. The molecule has 2 fully saturated rings. The summed E-state index contributed by atoms with van der Waals surface area (Å²) < 4.78 is 0. The summed E-state index contributed by atoms with van der Waals surface area (Å²) in [6.45, 7) is 4.71. The van der Waals surface area contributed by atoms with Crippen molar-refractivity contribution < 1.29 is 5.11 Å². The van der Waals surface area contributed by atoms with Gasteiger partial charge in [-0.2, -0.15) is 0 Å². The molecule has 0 bridgehead atoms. The van der Waals surface area contributed by atoms with Gasteiger partial charge in [-0.25, -0.2) is 0 Å². The minimum Gasteiger partial charge on any atom is -0.390 e. The highest BCUT2D eigenvalue weighted by Gasteiger charge is 2.33. The second kappa shape index (κ2) is 4.84. The molecule has 0 amide bonds. The molecule has 1 atom stereocenters. The van der Waals surface area contributed by atoms with Crippen LogP contribution in [0.3, 0.4) is 0 Å². The molecule has 2 nitrogen and oxygen atoms in total. The highest BCUT2D eigenvalue weighted by Crippen LogP contribution is 2.35. The second-order valence-corrected chi connectivity index (χ2v) is 5.39. The summed E-state index contributed by atoms with van der Waals surface area (Å²) in [6.07, 6.45) is 9.52. The molecule has 1 saturated heterocycles. The quantitative estimate of drug-likeness (QED) is 0.772. The first-order chi connectivity index (χ1) is 7.23. The van der Waals surface area contributed by atoms with E-state index in [9.17, 15) is 5.11 Å². The topological polar surface area (TPSA) is 23.5 Å². The first-order valence-corrected chi connectivity index (χ1v) is 6.70. The SMILES string of the molecule is CCN1CCCC1CCC1(O)CCCC1. The molecular formula is C13H25NO. The van der Waals surface area contributed by atoms with Gasteiger partial charge in [0.1, 0.15) is 0 Å². The molecule has 88 valence electrons. The molecule has 0 spiro atoms. The lowest BCUT2D eigenvalue weighted by Gasteiger charge is -2.27. The average molecular weight is 211 g/mol. The molecule has 0 aromatic heterocycles. The van der Waals surface area contributed by atoms with Gasteiger partial charge in [0, 0.05) is 6.04 Å². The Labute approximate surface area is 93.7 Å². The number of hydrogen-bond donors (Lipinski definition) is 1. The van der Waals surface area contributed by atoms with Crippen LogP contribution in [0.5, 0.6) is 0 Å². The van der Waals surface area contributed by atoms with Crippen molar-refractivity contribution in [2.75, 3.05) is 13.1 Å². The third-order valence-electron chi connectivity index (χ3n) is 4.38. The molecule has 1 N–H and O–H groups in total. The molecule has 1 saturated carbocycles. The van der Waals surface area contributed by atoms with Crippen LogP contribution in [-0.4, -0.2) is 34.7 Å². The highest BCUT2D eigenvalue weighted by molar-refractivity contribution is 4.87. The molecule has 2 rings (SSSR count). The van der Waals surface area contributed by atoms with Gasteiger partial charge < -0.3 is 10.0 Å². The zero-order valence-electron chi connectivity index (χ0n) is 10.0. The van der Waals surface area contributed by atoms with Crippen molar-refractivity contribution in [3.05, 3.63) is 0 Å². The van der Waals surface area contributed by atoms with Gasteiger partial charge in [0.25, 0.3) is 0 Å². The van der Waals surface area contributed by atoms with Crippen LogP contribution >= 0.6 is 0 Å². The third-order valence-corrected chi connectivity index (χ3v) is 4.38. The Morgan fingerprint density at radius 3 is 2.67 bits per heavy atom. The number of aliphatic hydroxyl groups is 1. The van der Waals surface area contributed by atoms with Crippen LogP contribution in [0.15, 0.2) is 0 Å². The predicted molar refractivity (Wildman–Crippen MR) is 62.9 cm³/mol. The Kier molecular flexibility index (Phi) is 3.68. The van der Waals surface area contributed by atoms with Crippen molar-refractivity contribution in [3.8, 4) is 0 Å². The summed E-state index contributed by atoms with van der Waals surface area (Å²) in [5, 5.41) is 10.3. The van der Waals surface area contributed by atoms with Crippen molar-refractivity contribution in [2.24, 2.45) is 0 Å². The van der Waals surface area contributed by atoms with Crippen molar-refractivity contribution in [3.63, 3.8) is 0 Å². The van der Waals surface area contributed by atoms with E-state index in [1.54, 1.807) is 0 Å². The molecule has 1 aliphatic heterocycles. The number of hydrogen-bond acceptors (Lipinski definition) is 2. The van der Waals surface area contributed by atoms with Gasteiger partial charge in [-0.1, -0.05) is 19.8 Å². The summed E-state index contributed by atoms with van der Waals surface area (Å²) in [5.74, 6) is 0. The van der Waals surface area contributed by atoms with Crippen LogP contribution in [0, 0.1) is 0 Å². The lowest BCUT2D eigenvalue weighted by atomic mass is 9.93. The van der Waals surface area contributed by atoms with Crippen LogP contribution < -0.4 is 0 Å². The molecule has 0 radical (unpaired) electrons. The minimum atomic E-state index is -0.290. The van der Waals surface area contributed by atoms with E-state index in [0.29, 0.717) is 0 Å². The summed E-state index contributed by atoms with van der Waals surface area (Å²) >= 11 is 0. The summed E-state index contributed by atoms with van der Waals surface area (Å²) in [5.41, 5.74) is -0.290. The van der Waals surface area contributed by atoms with E-state index >= 15 is 0 Å². The van der Waals surface area contributed by atoms with Gasteiger partial charge in [-0.3, -0.25) is 0 Å². The van der Waals surface area contributed by atoms with Crippen molar-refractivity contribution in [1.82, 2.24) is 4.90 Å². The van der Waals surface area contributed by atoms with Gasteiger partial charge in [0.05, 0.1) is 5.60 Å². The number of rotatable bonds is 4. The van der Waals surface area contributed by atoms with Crippen LogP contribution in [0.4, 0.5) is 0 Å². The van der Waals surface area contributed by atoms with E-state index in [2.05, 4.69) is 11.8 Å². The summed E-state index contributed by atoms with van der Waals surface area (Å²) in [7, 11) is 0. The Morgan fingerprint density at radius 2 is 2.00 bits per heavy atom. The van der Waals surface area contributed by atoms with Gasteiger partial charge in [-0.15, -0.1) is 0 Å². The number of nitrogens with zero attached hydrogens (tertiary/aromatic N) is 1. The van der Waals surface area contributed by atoms with Gasteiger partial charge in [0.15, 0.2) is 0 Å². The van der Waals surface area contributed by atoms with Crippen molar-refractivity contribution >= 4 is 0 Å². The molecule has 0 aromatic carbocycles. The molecule has 0 aromatic rings. The second-order valence-electron chi connectivity index (χ2n) is 5.39. The smallest absolute Gasteiger partial charge is 0.0648 e. The van der Waals surface area contributed by atoms with Crippen LogP contribution in [0.2, 0.25) is 0 Å². The highest BCUT2D eigenvalue weighted by atomic mass is 16.3. The zero-order chi connectivity index (χ0) is 10.7. The Morgan fingerprint density at radius 1 is 1.27 bits per heavy atom. The molecule has 1 unspecified atom stereocenters. The zero-order valence-corrected chi connectivity index (χ0v) is 10.0. The van der Waals surface area contributed by atoms with Crippen molar-refractivity contribution in [1.29, 1.82) is 0 Å². The fourth-order valence-electron chi connectivity index (χ4n) is 3.36.